The first-order valence-corrected chi connectivity index (χ1v) is 6.65. The minimum atomic E-state index is -0.306. The van der Waals surface area contributed by atoms with Crippen molar-refractivity contribution in [2.24, 2.45) is 5.92 Å². The van der Waals surface area contributed by atoms with Crippen LogP contribution in [-0.2, 0) is 9.47 Å². The predicted molar refractivity (Wildman–Crippen MR) is 74.5 cm³/mol. The summed E-state index contributed by atoms with van der Waals surface area (Å²) in [7, 11) is 1.40. The van der Waals surface area contributed by atoms with Crippen LogP contribution >= 0.6 is 0 Å². The summed E-state index contributed by atoms with van der Waals surface area (Å²) < 4.78 is 10.2. The van der Waals surface area contributed by atoms with E-state index in [1.54, 1.807) is 6.07 Å². The Morgan fingerprint density at radius 1 is 1.53 bits per heavy atom. The number of anilines is 1. The first kappa shape index (κ1) is 13.9. The SMILES string of the molecule is COC(=O)c1ccc(C)c(NC(C)C2CCOC2)c1. The van der Waals surface area contributed by atoms with E-state index in [1.165, 1.54) is 7.11 Å². The van der Waals surface area contributed by atoms with Crippen LogP contribution in [0.25, 0.3) is 0 Å². The van der Waals surface area contributed by atoms with Gasteiger partial charge in [0.1, 0.15) is 0 Å². The van der Waals surface area contributed by atoms with E-state index in [0.717, 1.165) is 30.9 Å². The highest BCUT2D eigenvalue weighted by Crippen LogP contribution is 2.23. The smallest absolute Gasteiger partial charge is 0.337 e. The molecule has 1 aromatic rings. The maximum atomic E-state index is 11.5. The number of esters is 1. The van der Waals surface area contributed by atoms with Gasteiger partial charge in [0.25, 0.3) is 0 Å². The molecule has 0 saturated carbocycles. The fraction of sp³-hybridized carbons (Fsp3) is 0.533. The highest BCUT2D eigenvalue weighted by Gasteiger charge is 2.22. The lowest BCUT2D eigenvalue weighted by molar-refractivity contribution is 0.0601. The lowest BCUT2D eigenvalue weighted by atomic mass is 9.99. The minimum Gasteiger partial charge on any atom is -0.465 e. The summed E-state index contributed by atoms with van der Waals surface area (Å²) in [5, 5.41) is 3.48. The van der Waals surface area contributed by atoms with E-state index in [1.807, 2.05) is 19.1 Å². The lowest BCUT2D eigenvalue weighted by Crippen LogP contribution is -2.26. The van der Waals surface area contributed by atoms with Gasteiger partial charge >= 0.3 is 5.97 Å². The summed E-state index contributed by atoms with van der Waals surface area (Å²) in [4.78, 5) is 11.5. The zero-order valence-corrected chi connectivity index (χ0v) is 11.7. The fourth-order valence-corrected chi connectivity index (χ4v) is 2.33. The standard InChI is InChI=1S/C15H21NO3/c1-10-4-5-12(15(17)18-3)8-14(10)16-11(2)13-6-7-19-9-13/h4-5,8,11,13,16H,6-7,9H2,1-3H3. The number of aryl methyl sites for hydroxylation is 1. The number of carbonyl (C=O) groups is 1. The molecule has 0 aliphatic carbocycles. The van der Waals surface area contributed by atoms with Crippen molar-refractivity contribution in [2.45, 2.75) is 26.3 Å². The molecule has 0 spiro atoms. The molecule has 4 heteroatoms. The molecular weight excluding hydrogens is 242 g/mol. The van der Waals surface area contributed by atoms with Gasteiger partial charge in [-0.1, -0.05) is 6.07 Å². The highest BCUT2D eigenvalue weighted by atomic mass is 16.5. The van der Waals surface area contributed by atoms with Crippen molar-refractivity contribution in [2.75, 3.05) is 25.6 Å². The summed E-state index contributed by atoms with van der Waals surface area (Å²) in [6, 6.07) is 5.91. The number of methoxy groups -OCH3 is 1. The van der Waals surface area contributed by atoms with E-state index in [2.05, 4.69) is 12.2 Å². The average molecular weight is 263 g/mol. The first-order valence-electron chi connectivity index (χ1n) is 6.65. The third kappa shape index (κ3) is 3.26. The number of carbonyl (C=O) groups excluding carboxylic acids is 1. The number of rotatable bonds is 4. The largest absolute Gasteiger partial charge is 0.465 e. The van der Waals surface area contributed by atoms with E-state index >= 15 is 0 Å². The van der Waals surface area contributed by atoms with Crippen LogP contribution in [0, 0.1) is 12.8 Å². The summed E-state index contributed by atoms with van der Waals surface area (Å²) in [5.74, 6) is 0.223. The number of benzene rings is 1. The molecule has 1 N–H and O–H groups in total. The molecule has 1 heterocycles. The number of hydrogen-bond acceptors (Lipinski definition) is 4. The minimum absolute atomic E-state index is 0.306. The average Bonchev–Trinajstić information content (AvgIpc) is 2.94. The van der Waals surface area contributed by atoms with E-state index in [-0.39, 0.29) is 5.97 Å². The molecule has 2 unspecified atom stereocenters. The first-order chi connectivity index (χ1) is 9.11. The second-order valence-electron chi connectivity index (χ2n) is 5.08. The topological polar surface area (TPSA) is 47.6 Å². The summed E-state index contributed by atoms with van der Waals surface area (Å²) in [6.45, 7) is 5.84. The van der Waals surface area contributed by atoms with Crippen molar-refractivity contribution in [3.63, 3.8) is 0 Å². The molecule has 1 fully saturated rings. The van der Waals surface area contributed by atoms with Crippen LogP contribution in [0.2, 0.25) is 0 Å². The van der Waals surface area contributed by atoms with Gasteiger partial charge in [-0.05, 0) is 38.0 Å². The van der Waals surface area contributed by atoms with Crippen LogP contribution in [0.1, 0.15) is 29.3 Å². The lowest BCUT2D eigenvalue weighted by Gasteiger charge is -2.22. The molecular formula is C15H21NO3. The Morgan fingerprint density at radius 2 is 2.32 bits per heavy atom. The van der Waals surface area contributed by atoms with E-state index in [0.29, 0.717) is 17.5 Å². The molecule has 2 atom stereocenters. The van der Waals surface area contributed by atoms with Gasteiger partial charge in [0.2, 0.25) is 0 Å². The molecule has 4 nitrogen and oxygen atoms in total. The van der Waals surface area contributed by atoms with Crippen molar-refractivity contribution in [3.8, 4) is 0 Å². The number of nitrogens with one attached hydrogen (secondary N) is 1. The molecule has 1 saturated heterocycles. The summed E-state index contributed by atoms with van der Waals surface area (Å²) in [5.41, 5.74) is 2.69. The normalized spacial score (nSPS) is 20.1. The van der Waals surface area contributed by atoms with Crippen molar-refractivity contribution >= 4 is 11.7 Å². The summed E-state index contributed by atoms with van der Waals surface area (Å²) >= 11 is 0. The third-order valence-electron chi connectivity index (χ3n) is 3.71. The Bertz CT molecular complexity index is 453. The molecule has 0 aromatic heterocycles. The molecule has 0 bridgehead atoms. The number of ether oxygens (including phenoxy) is 2. The molecule has 1 aliphatic rings. The third-order valence-corrected chi connectivity index (χ3v) is 3.71. The Hall–Kier alpha value is -1.55. The van der Waals surface area contributed by atoms with E-state index in [4.69, 9.17) is 9.47 Å². The van der Waals surface area contributed by atoms with Gasteiger partial charge < -0.3 is 14.8 Å². The van der Waals surface area contributed by atoms with Crippen LogP contribution < -0.4 is 5.32 Å². The van der Waals surface area contributed by atoms with Crippen LogP contribution in [0.4, 0.5) is 5.69 Å². The van der Waals surface area contributed by atoms with Gasteiger partial charge in [0.05, 0.1) is 19.3 Å². The van der Waals surface area contributed by atoms with Crippen LogP contribution in [0.15, 0.2) is 18.2 Å². The predicted octanol–water partition coefficient (Wildman–Crippen LogP) is 2.62. The zero-order valence-electron chi connectivity index (χ0n) is 11.7. The Kier molecular flexibility index (Phi) is 4.43. The maximum Gasteiger partial charge on any atom is 0.337 e. The van der Waals surface area contributed by atoms with Gasteiger partial charge in [0.15, 0.2) is 0 Å². The second kappa shape index (κ2) is 6.06. The quantitative estimate of drug-likeness (QED) is 0.848. The molecule has 19 heavy (non-hydrogen) atoms. The molecule has 0 radical (unpaired) electrons. The monoisotopic (exact) mass is 263 g/mol. The number of hydrogen-bond donors (Lipinski definition) is 1. The highest BCUT2D eigenvalue weighted by molar-refractivity contribution is 5.90. The molecule has 0 amide bonds. The van der Waals surface area contributed by atoms with Crippen molar-refractivity contribution in [1.82, 2.24) is 0 Å². The van der Waals surface area contributed by atoms with Gasteiger partial charge in [0, 0.05) is 24.3 Å². The maximum absolute atomic E-state index is 11.5. The molecule has 104 valence electrons. The van der Waals surface area contributed by atoms with Crippen molar-refractivity contribution in [3.05, 3.63) is 29.3 Å². The van der Waals surface area contributed by atoms with Crippen LogP contribution in [0.5, 0.6) is 0 Å². The zero-order chi connectivity index (χ0) is 13.8. The second-order valence-corrected chi connectivity index (χ2v) is 5.08. The molecule has 1 aliphatic heterocycles. The Balaban J connectivity index is 2.12. The molecule has 2 rings (SSSR count). The van der Waals surface area contributed by atoms with E-state index < -0.39 is 0 Å². The van der Waals surface area contributed by atoms with Crippen molar-refractivity contribution < 1.29 is 14.3 Å². The summed E-state index contributed by atoms with van der Waals surface area (Å²) in [6.07, 6.45) is 1.09. The fourth-order valence-electron chi connectivity index (χ4n) is 2.33. The van der Waals surface area contributed by atoms with Crippen molar-refractivity contribution in [1.29, 1.82) is 0 Å². The Morgan fingerprint density at radius 3 is 2.95 bits per heavy atom. The van der Waals surface area contributed by atoms with Gasteiger partial charge in [-0.25, -0.2) is 4.79 Å². The van der Waals surface area contributed by atoms with E-state index in [9.17, 15) is 4.79 Å². The van der Waals surface area contributed by atoms with Gasteiger partial charge in [-0.2, -0.15) is 0 Å². The van der Waals surface area contributed by atoms with Crippen LogP contribution in [0.3, 0.4) is 0 Å². The molecule has 1 aromatic carbocycles. The van der Waals surface area contributed by atoms with Gasteiger partial charge in [-0.3, -0.25) is 0 Å². The Labute approximate surface area is 114 Å². The van der Waals surface area contributed by atoms with Crippen LogP contribution in [-0.4, -0.2) is 32.3 Å². The van der Waals surface area contributed by atoms with Gasteiger partial charge in [-0.15, -0.1) is 0 Å².